The molecule has 0 aliphatic carbocycles. The zero-order valence-corrected chi connectivity index (χ0v) is 18.0. The number of hydrogen-bond donors (Lipinski definition) is 1. The molecule has 1 fully saturated rings. The molecule has 156 valence electrons. The van der Waals surface area contributed by atoms with E-state index in [1.54, 1.807) is 0 Å². The van der Waals surface area contributed by atoms with Crippen LogP contribution in [0.2, 0.25) is 0 Å². The normalized spacial score (nSPS) is 14.3. The molecule has 1 N–H and O–H groups in total. The molecular weight excluding hydrogens is 388 g/mol. The van der Waals surface area contributed by atoms with E-state index >= 15 is 0 Å². The lowest BCUT2D eigenvalue weighted by Crippen LogP contribution is -2.49. The highest BCUT2D eigenvalue weighted by atomic mass is 32.2. The van der Waals surface area contributed by atoms with Crippen LogP contribution in [0.3, 0.4) is 0 Å². The lowest BCUT2D eigenvalue weighted by molar-refractivity contribution is -0.128. The highest BCUT2D eigenvalue weighted by Gasteiger charge is 2.23. The zero-order valence-electron chi connectivity index (χ0n) is 17.2. The number of para-hydroxylation sites is 2. The molecule has 1 aromatic carbocycles. The third kappa shape index (κ3) is 5.53. The summed E-state index contributed by atoms with van der Waals surface area (Å²) in [6.45, 7) is 9.43. The first-order valence-electron chi connectivity index (χ1n) is 9.96. The Labute approximate surface area is 175 Å². The fraction of sp³-hybridized carbons (Fsp3) is 0.476. The van der Waals surface area contributed by atoms with Crippen LogP contribution in [0.1, 0.15) is 32.4 Å². The van der Waals surface area contributed by atoms with Crippen LogP contribution in [0, 0.1) is 0 Å². The van der Waals surface area contributed by atoms with Crippen LogP contribution < -0.4 is 15.2 Å². The summed E-state index contributed by atoms with van der Waals surface area (Å²) in [6.07, 6.45) is 0. The Morgan fingerprint density at radius 2 is 1.97 bits per heavy atom. The Morgan fingerprint density at radius 3 is 2.66 bits per heavy atom. The SMILES string of the molecule is CCOc1ccccc1N1CCN(C(=O)CSc2nc(C(C)C)cc(=O)[nH]2)CC1. The third-order valence-corrected chi connectivity index (χ3v) is 5.66. The summed E-state index contributed by atoms with van der Waals surface area (Å²) in [5.41, 5.74) is 1.63. The van der Waals surface area contributed by atoms with Gasteiger partial charge in [-0.05, 0) is 25.0 Å². The van der Waals surface area contributed by atoms with Gasteiger partial charge in [0, 0.05) is 32.2 Å². The van der Waals surface area contributed by atoms with Crippen molar-refractivity contribution in [3.8, 4) is 5.75 Å². The zero-order chi connectivity index (χ0) is 20.8. The molecule has 0 saturated carbocycles. The Bertz CT molecular complexity index is 891. The van der Waals surface area contributed by atoms with Gasteiger partial charge in [0.2, 0.25) is 5.91 Å². The highest BCUT2D eigenvalue weighted by molar-refractivity contribution is 7.99. The maximum Gasteiger partial charge on any atom is 0.251 e. The van der Waals surface area contributed by atoms with Crippen molar-refractivity contribution >= 4 is 23.4 Å². The number of amides is 1. The minimum absolute atomic E-state index is 0.0605. The van der Waals surface area contributed by atoms with Gasteiger partial charge in [0.05, 0.1) is 23.7 Å². The van der Waals surface area contributed by atoms with Crippen molar-refractivity contribution in [3.05, 3.63) is 46.4 Å². The van der Waals surface area contributed by atoms with Gasteiger partial charge >= 0.3 is 0 Å². The molecule has 8 heteroatoms. The number of carbonyl (C=O) groups excluding carboxylic acids is 1. The van der Waals surface area contributed by atoms with E-state index in [0.29, 0.717) is 24.9 Å². The number of nitrogens with one attached hydrogen (secondary N) is 1. The fourth-order valence-electron chi connectivity index (χ4n) is 3.23. The lowest BCUT2D eigenvalue weighted by atomic mass is 10.1. The predicted octanol–water partition coefficient (Wildman–Crippen LogP) is 2.73. The predicted molar refractivity (Wildman–Crippen MR) is 116 cm³/mol. The number of aromatic amines is 1. The molecule has 2 heterocycles. The minimum Gasteiger partial charge on any atom is -0.492 e. The van der Waals surface area contributed by atoms with Crippen LogP contribution in [-0.4, -0.2) is 59.3 Å². The number of rotatable bonds is 7. The summed E-state index contributed by atoms with van der Waals surface area (Å²) in [5.74, 6) is 1.37. The number of hydrogen-bond acceptors (Lipinski definition) is 6. The van der Waals surface area contributed by atoms with Crippen LogP contribution in [0.15, 0.2) is 40.3 Å². The summed E-state index contributed by atoms with van der Waals surface area (Å²) in [5, 5.41) is 0.499. The number of H-pyrrole nitrogens is 1. The lowest BCUT2D eigenvalue weighted by Gasteiger charge is -2.36. The van der Waals surface area contributed by atoms with E-state index in [9.17, 15) is 9.59 Å². The van der Waals surface area contributed by atoms with Gasteiger partial charge < -0.3 is 19.5 Å². The van der Waals surface area contributed by atoms with E-state index in [4.69, 9.17) is 4.74 Å². The Morgan fingerprint density at radius 1 is 1.24 bits per heavy atom. The number of aromatic nitrogens is 2. The van der Waals surface area contributed by atoms with Gasteiger partial charge in [-0.2, -0.15) is 0 Å². The van der Waals surface area contributed by atoms with Crippen LogP contribution in [0.5, 0.6) is 5.75 Å². The molecule has 1 aliphatic heterocycles. The van der Waals surface area contributed by atoms with E-state index in [1.807, 2.05) is 43.9 Å². The van der Waals surface area contributed by atoms with Crippen molar-refractivity contribution in [2.75, 3.05) is 43.4 Å². The summed E-state index contributed by atoms with van der Waals surface area (Å²) in [4.78, 5) is 35.7. The standard InChI is InChI=1S/C21H28N4O3S/c1-4-28-18-8-6-5-7-17(18)24-9-11-25(12-10-24)20(27)14-29-21-22-16(15(2)3)13-19(26)23-21/h5-8,13,15H,4,9-12,14H2,1-3H3,(H,22,23,26). The van der Waals surface area contributed by atoms with E-state index < -0.39 is 0 Å². The van der Waals surface area contributed by atoms with Gasteiger partial charge in [0.25, 0.3) is 5.56 Å². The Kier molecular flexibility index (Phi) is 7.19. The first-order chi connectivity index (χ1) is 14.0. The van der Waals surface area contributed by atoms with E-state index in [1.165, 1.54) is 17.8 Å². The number of benzene rings is 1. The Balaban J connectivity index is 1.55. The van der Waals surface area contributed by atoms with Crippen LogP contribution in [-0.2, 0) is 4.79 Å². The van der Waals surface area contributed by atoms with Crippen molar-refractivity contribution in [2.24, 2.45) is 0 Å². The molecule has 1 aromatic heterocycles. The van der Waals surface area contributed by atoms with Gasteiger partial charge in [-0.25, -0.2) is 4.98 Å². The number of ether oxygens (including phenoxy) is 1. The number of anilines is 1. The first-order valence-corrected chi connectivity index (χ1v) is 10.9. The van der Waals surface area contributed by atoms with Crippen LogP contribution >= 0.6 is 11.8 Å². The van der Waals surface area contributed by atoms with Crippen molar-refractivity contribution in [2.45, 2.75) is 31.8 Å². The summed E-state index contributed by atoms with van der Waals surface area (Å²) >= 11 is 1.28. The number of thioether (sulfide) groups is 1. The second kappa shape index (κ2) is 9.82. The van der Waals surface area contributed by atoms with Gasteiger partial charge in [-0.15, -0.1) is 0 Å². The topological polar surface area (TPSA) is 78.5 Å². The molecule has 29 heavy (non-hydrogen) atoms. The van der Waals surface area contributed by atoms with Crippen molar-refractivity contribution < 1.29 is 9.53 Å². The number of carbonyl (C=O) groups is 1. The van der Waals surface area contributed by atoms with Crippen molar-refractivity contribution in [3.63, 3.8) is 0 Å². The minimum atomic E-state index is -0.180. The smallest absolute Gasteiger partial charge is 0.251 e. The second-order valence-corrected chi connectivity index (χ2v) is 8.15. The molecule has 7 nitrogen and oxygen atoms in total. The number of nitrogens with zero attached hydrogens (tertiary/aromatic N) is 3. The average Bonchev–Trinajstić information content (AvgIpc) is 2.72. The largest absolute Gasteiger partial charge is 0.492 e. The quantitative estimate of drug-likeness (QED) is 0.552. The maximum absolute atomic E-state index is 12.6. The van der Waals surface area contributed by atoms with Gasteiger partial charge in [-0.3, -0.25) is 9.59 Å². The molecule has 3 rings (SSSR count). The van der Waals surface area contributed by atoms with Gasteiger partial charge in [0.1, 0.15) is 5.75 Å². The van der Waals surface area contributed by atoms with Crippen molar-refractivity contribution in [1.29, 1.82) is 0 Å². The molecule has 2 aromatic rings. The second-order valence-electron chi connectivity index (χ2n) is 7.19. The van der Waals surface area contributed by atoms with E-state index in [0.717, 1.165) is 30.2 Å². The van der Waals surface area contributed by atoms with E-state index in [-0.39, 0.29) is 23.1 Å². The summed E-state index contributed by atoms with van der Waals surface area (Å²) < 4.78 is 5.73. The summed E-state index contributed by atoms with van der Waals surface area (Å²) in [7, 11) is 0. The molecular formula is C21H28N4O3S. The molecule has 1 aliphatic rings. The molecule has 1 saturated heterocycles. The Hall–Kier alpha value is -2.48. The molecule has 0 atom stereocenters. The van der Waals surface area contributed by atoms with Gasteiger partial charge in [-0.1, -0.05) is 37.7 Å². The molecule has 0 spiro atoms. The molecule has 0 unspecified atom stereocenters. The van der Waals surface area contributed by atoms with Gasteiger partial charge in [0.15, 0.2) is 5.16 Å². The average molecular weight is 417 g/mol. The maximum atomic E-state index is 12.6. The molecule has 0 bridgehead atoms. The highest BCUT2D eigenvalue weighted by Crippen LogP contribution is 2.29. The molecule has 0 radical (unpaired) electrons. The monoisotopic (exact) mass is 416 g/mol. The first kappa shape index (κ1) is 21.2. The summed E-state index contributed by atoms with van der Waals surface area (Å²) in [6, 6.07) is 9.52. The molecule has 1 amide bonds. The van der Waals surface area contributed by atoms with Crippen molar-refractivity contribution in [1.82, 2.24) is 14.9 Å². The third-order valence-electron chi connectivity index (χ3n) is 4.80. The van der Waals surface area contributed by atoms with Crippen LogP contribution in [0.4, 0.5) is 5.69 Å². The van der Waals surface area contributed by atoms with Crippen LogP contribution in [0.25, 0.3) is 0 Å². The number of piperazine rings is 1. The fourth-order valence-corrected chi connectivity index (χ4v) is 4.02. The van der Waals surface area contributed by atoms with E-state index in [2.05, 4.69) is 20.9 Å².